The van der Waals surface area contributed by atoms with E-state index >= 15 is 0 Å². The first-order valence-corrected chi connectivity index (χ1v) is 10.4. The molecule has 0 atom stereocenters. The Morgan fingerprint density at radius 3 is 2.97 bits per heavy atom. The number of aromatic amines is 1. The molecular weight excluding hydrogens is 394 g/mol. The van der Waals surface area contributed by atoms with Crippen LogP contribution < -0.4 is 10.1 Å². The largest absolute Gasteiger partial charge is 0.495 e. The summed E-state index contributed by atoms with van der Waals surface area (Å²) in [5, 5.41) is 11.1. The fraction of sp³-hybridized carbons (Fsp3) is 0.250. The third-order valence-electron chi connectivity index (χ3n) is 5.39. The molecule has 7 heteroatoms. The molecule has 1 saturated carbocycles. The maximum Gasteiger partial charge on any atom is 0.255 e. The van der Waals surface area contributed by atoms with E-state index in [1.807, 2.05) is 24.3 Å². The van der Waals surface area contributed by atoms with Gasteiger partial charge in [0.2, 0.25) is 0 Å². The van der Waals surface area contributed by atoms with Crippen molar-refractivity contribution in [3.63, 3.8) is 0 Å². The number of carbonyl (C=O) groups is 1. The molecule has 1 aromatic carbocycles. The normalized spacial score (nSPS) is 18.2. The van der Waals surface area contributed by atoms with Crippen LogP contribution in [0.2, 0.25) is 0 Å². The number of hydrogen-bond acceptors (Lipinski definition) is 5. The van der Waals surface area contributed by atoms with Gasteiger partial charge in [-0.1, -0.05) is 18.2 Å². The van der Waals surface area contributed by atoms with Crippen LogP contribution in [-0.2, 0) is 9.47 Å². The van der Waals surface area contributed by atoms with Gasteiger partial charge in [-0.25, -0.2) is 0 Å². The molecule has 7 nitrogen and oxygen atoms in total. The number of nitrogens with zero attached hydrogens (tertiary/aromatic N) is 1. The molecule has 2 aliphatic carbocycles. The molecule has 1 fully saturated rings. The molecule has 0 unspecified atom stereocenters. The van der Waals surface area contributed by atoms with E-state index in [2.05, 4.69) is 21.6 Å². The van der Waals surface area contributed by atoms with E-state index in [9.17, 15) is 4.79 Å². The van der Waals surface area contributed by atoms with Gasteiger partial charge in [-0.15, -0.1) is 0 Å². The van der Waals surface area contributed by atoms with Crippen molar-refractivity contribution in [1.82, 2.24) is 15.5 Å². The Labute approximate surface area is 179 Å². The van der Waals surface area contributed by atoms with Crippen molar-refractivity contribution in [1.29, 1.82) is 0 Å². The molecule has 1 aromatic heterocycles. The first kappa shape index (κ1) is 19.2. The van der Waals surface area contributed by atoms with Crippen LogP contribution in [0.25, 0.3) is 17.0 Å². The fourth-order valence-corrected chi connectivity index (χ4v) is 3.63. The maximum absolute atomic E-state index is 12.6. The minimum absolute atomic E-state index is 0.131. The van der Waals surface area contributed by atoms with Gasteiger partial charge in [0.05, 0.1) is 29.3 Å². The molecule has 1 aliphatic heterocycles. The number of nitrogens with one attached hydrogen (secondary N) is 2. The molecular formula is C24H23N3O4. The third-order valence-corrected chi connectivity index (χ3v) is 5.39. The van der Waals surface area contributed by atoms with Gasteiger partial charge in [0.1, 0.15) is 18.3 Å². The third kappa shape index (κ3) is 3.99. The zero-order valence-corrected chi connectivity index (χ0v) is 17.2. The van der Waals surface area contributed by atoms with Crippen LogP contribution in [0.5, 0.6) is 5.75 Å². The summed E-state index contributed by atoms with van der Waals surface area (Å²) in [5.41, 5.74) is 3.03. The molecule has 0 radical (unpaired) electrons. The van der Waals surface area contributed by atoms with E-state index in [1.165, 1.54) is 0 Å². The molecule has 2 aromatic rings. The van der Waals surface area contributed by atoms with Gasteiger partial charge in [-0.2, -0.15) is 5.10 Å². The van der Waals surface area contributed by atoms with Gasteiger partial charge in [-0.3, -0.25) is 9.89 Å². The SMILES string of the molecule is COc1c(C(=O)NC2CC2)ccc2[nH]nc(C=CC3=COC=C(C4=CC=CCC4)O3)c12. The summed E-state index contributed by atoms with van der Waals surface area (Å²) >= 11 is 0. The molecule has 0 spiro atoms. The highest BCUT2D eigenvalue weighted by atomic mass is 16.5. The maximum atomic E-state index is 12.6. The Balaban J connectivity index is 1.40. The molecule has 2 heterocycles. The Hall–Kier alpha value is -3.74. The molecule has 31 heavy (non-hydrogen) atoms. The lowest BCUT2D eigenvalue weighted by molar-refractivity contribution is 0.0948. The van der Waals surface area contributed by atoms with E-state index in [-0.39, 0.29) is 11.9 Å². The standard InChI is InChI=1S/C24H23N3O4/c1-29-23-18(24(28)25-16-7-8-16)10-12-20-22(23)19(26-27-20)11-9-17-13-30-14-21(31-17)15-5-3-2-4-6-15/h2-3,5,9-14,16H,4,6-8H2,1H3,(H,25,28)(H,26,27). The van der Waals surface area contributed by atoms with Crippen LogP contribution in [0.1, 0.15) is 41.7 Å². The Morgan fingerprint density at radius 1 is 1.29 bits per heavy atom. The lowest BCUT2D eigenvalue weighted by Crippen LogP contribution is -2.25. The molecule has 0 saturated heterocycles. The molecule has 5 rings (SSSR count). The lowest BCUT2D eigenvalue weighted by Gasteiger charge is -2.17. The smallest absolute Gasteiger partial charge is 0.255 e. The van der Waals surface area contributed by atoms with Crippen LogP contribution >= 0.6 is 0 Å². The number of carbonyl (C=O) groups excluding carboxylic acids is 1. The number of fused-ring (bicyclic) bond motifs is 1. The van der Waals surface area contributed by atoms with Crippen molar-refractivity contribution in [2.45, 2.75) is 31.7 Å². The van der Waals surface area contributed by atoms with Crippen LogP contribution in [0.4, 0.5) is 0 Å². The molecule has 158 valence electrons. The van der Waals surface area contributed by atoms with Crippen LogP contribution in [0.15, 0.2) is 66.1 Å². The summed E-state index contributed by atoms with van der Waals surface area (Å²) in [6.07, 6.45) is 16.9. The number of allylic oxidation sites excluding steroid dienone is 5. The number of hydrogen-bond donors (Lipinski definition) is 2. The number of H-pyrrole nitrogens is 1. The second kappa shape index (κ2) is 8.18. The van der Waals surface area contributed by atoms with Gasteiger partial charge in [0.15, 0.2) is 11.5 Å². The van der Waals surface area contributed by atoms with E-state index in [0.717, 1.165) is 42.2 Å². The van der Waals surface area contributed by atoms with Crippen LogP contribution in [0, 0.1) is 0 Å². The summed E-state index contributed by atoms with van der Waals surface area (Å²) in [4.78, 5) is 12.6. The number of ether oxygens (including phenoxy) is 3. The van der Waals surface area contributed by atoms with E-state index in [1.54, 1.807) is 31.8 Å². The molecule has 2 N–H and O–H groups in total. The van der Waals surface area contributed by atoms with E-state index in [4.69, 9.17) is 14.2 Å². The average Bonchev–Trinajstić information content (AvgIpc) is 3.54. The topological polar surface area (TPSA) is 85.5 Å². The van der Waals surface area contributed by atoms with Gasteiger partial charge < -0.3 is 19.5 Å². The highest BCUT2D eigenvalue weighted by molar-refractivity contribution is 6.05. The first-order chi connectivity index (χ1) is 15.2. The van der Waals surface area contributed by atoms with Crippen LogP contribution in [0.3, 0.4) is 0 Å². The average molecular weight is 417 g/mol. The first-order valence-electron chi connectivity index (χ1n) is 10.4. The monoisotopic (exact) mass is 417 g/mol. The van der Waals surface area contributed by atoms with Crippen molar-refractivity contribution in [3.8, 4) is 5.75 Å². The van der Waals surface area contributed by atoms with Crippen molar-refractivity contribution < 1.29 is 19.0 Å². The number of benzene rings is 1. The Bertz CT molecular complexity index is 1180. The van der Waals surface area contributed by atoms with Gasteiger partial charge in [0, 0.05) is 6.04 Å². The second-order valence-electron chi connectivity index (χ2n) is 7.66. The van der Waals surface area contributed by atoms with E-state index < -0.39 is 0 Å². The van der Waals surface area contributed by atoms with Gasteiger partial charge in [-0.05, 0) is 55.5 Å². The number of amides is 1. The minimum Gasteiger partial charge on any atom is -0.495 e. The number of rotatable bonds is 6. The predicted molar refractivity (Wildman–Crippen MR) is 117 cm³/mol. The summed E-state index contributed by atoms with van der Waals surface area (Å²) in [6, 6.07) is 3.87. The fourth-order valence-electron chi connectivity index (χ4n) is 3.63. The summed E-state index contributed by atoms with van der Waals surface area (Å²) < 4.78 is 17.1. The van der Waals surface area contributed by atoms with Crippen molar-refractivity contribution in [2.24, 2.45) is 0 Å². The van der Waals surface area contributed by atoms with Gasteiger partial charge >= 0.3 is 0 Å². The zero-order valence-electron chi connectivity index (χ0n) is 17.2. The highest BCUT2D eigenvalue weighted by Gasteiger charge is 2.26. The van der Waals surface area contributed by atoms with Gasteiger partial charge in [0.25, 0.3) is 5.91 Å². The van der Waals surface area contributed by atoms with Crippen LogP contribution in [-0.4, -0.2) is 29.3 Å². The quantitative estimate of drug-likeness (QED) is 0.724. The Morgan fingerprint density at radius 2 is 2.19 bits per heavy atom. The molecule has 3 aliphatic rings. The number of aromatic nitrogens is 2. The summed E-state index contributed by atoms with van der Waals surface area (Å²) in [6.45, 7) is 0. The summed E-state index contributed by atoms with van der Waals surface area (Å²) in [7, 11) is 1.56. The zero-order chi connectivity index (χ0) is 21.2. The van der Waals surface area contributed by atoms with E-state index in [0.29, 0.717) is 28.5 Å². The van der Waals surface area contributed by atoms with Crippen molar-refractivity contribution in [3.05, 3.63) is 77.3 Å². The van der Waals surface area contributed by atoms with Crippen molar-refractivity contribution in [2.75, 3.05) is 7.11 Å². The summed E-state index contributed by atoms with van der Waals surface area (Å²) in [5.74, 6) is 1.63. The van der Waals surface area contributed by atoms with Crippen molar-refractivity contribution >= 4 is 22.9 Å². The predicted octanol–water partition coefficient (Wildman–Crippen LogP) is 4.48. The minimum atomic E-state index is -0.131. The highest BCUT2D eigenvalue weighted by Crippen LogP contribution is 2.33. The second-order valence-corrected chi connectivity index (χ2v) is 7.66. The molecule has 0 bridgehead atoms. The molecule has 1 amide bonds. The lowest BCUT2D eigenvalue weighted by atomic mass is 10.0. The number of methoxy groups -OCH3 is 1. The Kier molecular flexibility index (Phi) is 5.08.